The molecule has 0 unspecified atom stereocenters. The van der Waals surface area contributed by atoms with Crippen molar-refractivity contribution in [1.82, 2.24) is 14.5 Å². The van der Waals surface area contributed by atoms with E-state index in [0.29, 0.717) is 23.8 Å². The number of hydrogen-bond acceptors (Lipinski definition) is 5. The largest absolute Gasteiger partial charge is 0.370 e. The lowest BCUT2D eigenvalue weighted by molar-refractivity contribution is -0.0573. The summed E-state index contributed by atoms with van der Waals surface area (Å²) in [6.45, 7) is 9.90. The first-order chi connectivity index (χ1) is 12.4. The highest BCUT2D eigenvalue weighted by Crippen LogP contribution is 2.35. The molecule has 26 heavy (non-hydrogen) atoms. The van der Waals surface area contributed by atoms with Gasteiger partial charge in [-0.25, -0.2) is 9.97 Å². The van der Waals surface area contributed by atoms with Crippen molar-refractivity contribution >= 4 is 31.8 Å². The highest BCUT2D eigenvalue weighted by Gasteiger charge is 2.30. The van der Waals surface area contributed by atoms with Crippen molar-refractivity contribution in [2.24, 2.45) is 5.92 Å². The summed E-state index contributed by atoms with van der Waals surface area (Å²) in [7, 11) is 0. The Morgan fingerprint density at radius 1 is 1.42 bits per heavy atom. The van der Waals surface area contributed by atoms with Gasteiger partial charge in [0.25, 0.3) is 5.56 Å². The maximum absolute atomic E-state index is 12.9. The van der Waals surface area contributed by atoms with Gasteiger partial charge in [-0.05, 0) is 31.7 Å². The number of aryl methyl sites for hydroxylation is 1. The van der Waals surface area contributed by atoms with Crippen LogP contribution >= 0.6 is 11.3 Å². The second-order valence-electron chi connectivity index (χ2n) is 7.92. The molecule has 0 aromatic carbocycles. The Bertz CT molecular complexity index is 1040. The summed E-state index contributed by atoms with van der Waals surface area (Å²) in [5.41, 5.74) is 2.89. The van der Waals surface area contributed by atoms with E-state index in [-0.39, 0.29) is 11.2 Å². The molecule has 0 fully saturated rings. The lowest BCUT2D eigenvalue weighted by Crippen LogP contribution is -2.35. The summed E-state index contributed by atoms with van der Waals surface area (Å²) in [5, 5.41) is 0.973. The van der Waals surface area contributed by atoms with Crippen LogP contribution in [0.2, 0.25) is 0 Å². The van der Waals surface area contributed by atoms with Gasteiger partial charge < -0.3 is 4.74 Å². The number of fused-ring (bicyclic) bond motifs is 4. The zero-order chi connectivity index (χ0) is 18.5. The molecular formula is C20H25N3O2S. The molecule has 0 radical (unpaired) electrons. The second kappa shape index (κ2) is 6.43. The fraction of sp³-hybridized carbons (Fsp3) is 0.550. The zero-order valence-electron chi connectivity index (χ0n) is 15.8. The second-order valence-corrected chi connectivity index (χ2v) is 8.92. The molecule has 0 saturated heterocycles. The lowest BCUT2D eigenvalue weighted by atomic mass is 9.91. The van der Waals surface area contributed by atoms with E-state index in [1.165, 1.54) is 11.3 Å². The van der Waals surface area contributed by atoms with Crippen LogP contribution in [-0.2, 0) is 24.3 Å². The predicted molar refractivity (Wildman–Crippen MR) is 106 cm³/mol. The molecule has 0 spiro atoms. The van der Waals surface area contributed by atoms with Crippen LogP contribution in [-0.4, -0.2) is 20.1 Å². The Hall–Kier alpha value is -1.79. The topological polar surface area (TPSA) is 57.0 Å². The van der Waals surface area contributed by atoms with Crippen molar-refractivity contribution in [2.75, 3.05) is 0 Å². The van der Waals surface area contributed by atoms with E-state index in [0.717, 1.165) is 46.3 Å². The Morgan fingerprint density at radius 3 is 2.96 bits per heavy atom. The summed E-state index contributed by atoms with van der Waals surface area (Å²) in [6, 6.07) is 2.12. The minimum atomic E-state index is -0.147. The van der Waals surface area contributed by atoms with E-state index in [2.05, 4.69) is 38.7 Å². The van der Waals surface area contributed by atoms with Crippen LogP contribution in [0.25, 0.3) is 20.4 Å². The van der Waals surface area contributed by atoms with Gasteiger partial charge in [0, 0.05) is 23.9 Å². The third-order valence-corrected chi connectivity index (χ3v) is 6.50. The first-order valence-corrected chi connectivity index (χ1v) is 10.2. The van der Waals surface area contributed by atoms with Crippen LogP contribution in [0.3, 0.4) is 0 Å². The molecule has 4 rings (SSSR count). The molecule has 5 nitrogen and oxygen atoms in total. The first kappa shape index (κ1) is 17.6. The summed E-state index contributed by atoms with van der Waals surface area (Å²) in [5.74, 6) is 0.557. The predicted octanol–water partition coefficient (Wildman–Crippen LogP) is 4.29. The number of nitrogens with zero attached hydrogens (tertiary/aromatic N) is 3. The number of ether oxygens (including phenoxy) is 1. The minimum absolute atomic E-state index is 0.0475. The normalized spacial score (nSPS) is 20.2. The number of hydrogen-bond donors (Lipinski definition) is 0. The van der Waals surface area contributed by atoms with Crippen LogP contribution in [0.15, 0.2) is 17.2 Å². The molecule has 1 atom stereocenters. The molecular weight excluding hydrogens is 346 g/mol. The standard InChI is InChI=1S/C20H25N3O2S/c1-5-20(4)9-15-13(10-25-20)8-14-16-17(26-18(14)22-15)19(24)23(11-21-16)7-6-12(2)3/h8,11-12H,5-7,9-10H2,1-4H3/t20-/m1/s1. The van der Waals surface area contributed by atoms with Crippen molar-refractivity contribution in [3.05, 3.63) is 34.0 Å². The number of pyridine rings is 1. The Morgan fingerprint density at radius 2 is 2.23 bits per heavy atom. The van der Waals surface area contributed by atoms with Crippen LogP contribution in [0.1, 0.15) is 51.8 Å². The van der Waals surface area contributed by atoms with Crippen LogP contribution in [0, 0.1) is 5.92 Å². The van der Waals surface area contributed by atoms with Gasteiger partial charge in [-0.15, -0.1) is 11.3 Å². The lowest BCUT2D eigenvalue weighted by Gasteiger charge is -2.33. The summed E-state index contributed by atoms with van der Waals surface area (Å²) in [4.78, 5) is 23.3. The molecule has 0 saturated carbocycles. The average molecular weight is 372 g/mol. The van der Waals surface area contributed by atoms with Crippen molar-refractivity contribution < 1.29 is 4.74 Å². The monoisotopic (exact) mass is 371 g/mol. The van der Waals surface area contributed by atoms with E-state index in [4.69, 9.17) is 9.72 Å². The summed E-state index contributed by atoms with van der Waals surface area (Å²) in [6.07, 6.45) is 4.43. The van der Waals surface area contributed by atoms with E-state index in [9.17, 15) is 4.79 Å². The SMILES string of the molecule is CC[C@]1(C)Cc2nc3sc4c(=O)n(CCC(C)C)cnc4c3cc2CO1. The van der Waals surface area contributed by atoms with E-state index in [1.54, 1.807) is 10.9 Å². The van der Waals surface area contributed by atoms with Gasteiger partial charge in [-0.3, -0.25) is 9.36 Å². The number of thiophene rings is 1. The molecule has 3 aromatic rings. The van der Waals surface area contributed by atoms with Gasteiger partial charge in [0.2, 0.25) is 0 Å². The van der Waals surface area contributed by atoms with Gasteiger partial charge >= 0.3 is 0 Å². The van der Waals surface area contributed by atoms with Gasteiger partial charge in [0.05, 0.1) is 29.7 Å². The highest BCUT2D eigenvalue weighted by molar-refractivity contribution is 7.25. The summed E-state index contributed by atoms with van der Waals surface area (Å²) < 4.78 is 8.49. The van der Waals surface area contributed by atoms with Crippen molar-refractivity contribution in [3.63, 3.8) is 0 Å². The molecule has 138 valence electrons. The average Bonchev–Trinajstić information content (AvgIpc) is 2.97. The first-order valence-electron chi connectivity index (χ1n) is 9.34. The third-order valence-electron chi connectivity index (χ3n) is 5.42. The Labute approximate surface area is 157 Å². The molecule has 1 aliphatic heterocycles. The number of rotatable bonds is 4. The number of aromatic nitrogens is 3. The van der Waals surface area contributed by atoms with Crippen LogP contribution in [0.4, 0.5) is 0 Å². The van der Waals surface area contributed by atoms with Crippen LogP contribution < -0.4 is 5.56 Å². The van der Waals surface area contributed by atoms with Crippen LogP contribution in [0.5, 0.6) is 0 Å². The van der Waals surface area contributed by atoms with E-state index in [1.807, 2.05) is 0 Å². The molecule has 6 heteroatoms. The molecule has 4 heterocycles. The maximum Gasteiger partial charge on any atom is 0.271 e. The fourth-order valence-electron chi connectivity index (χ4n) is 3.39. The van der Waals surface area contributed by atoms with E-state index < -0.39 is 0 Å². The highest BCUT2D eigenvalue weighted by atomic mass is 32.1. The Balaban J connectivity index is 1.82. The molecule has 0 bridgehead atoms. The van der Waals surface area contributed by atoms with Gasteiger partial charge in [0.15, 0.2) is 0 Å². The third kappa shape index (κ3) is 2.95. The molecule has 1 aliphatic rings. The minimum Gasteiger partial charge on any atom is -0.370 e. The zero-order valence-corrected chi connectivity index (χ0v) is 16.7. The fourth-order valence-corrected chi connectivity index (χ4v) is 4.47. The van der Waals surface area contributed by atoms with Gasteiger partial charge in [0.1, 0.15) is 9.53 Å². The van der Waals surface area contributed by atoms with Gasteiger partial charge in [-0.1, -0.05) is 20.8 Å². The summed E-state index contributed by atoms with van der Waals surface area (Å²) >= 11 is 1.47. The van der Waals surface area contributed by atoms with Crippen molar-refractivity contribution in [1.29, 1.82) is 0 Å². The van der Waals surface area contributed by atoms with E-state index >= 15 is 0 Å². The molecule has 0 N–H and O–H groups in total. The Kier molecular flexibility index (Phi) is 4.35. The maximum atomic E-state index is 12.9. The quantitative estimate of drug-likeness (QED) is 0.686. The smallest absolute Gasteiger partial charge is 0.271 e. The van der Waals surface area contributed by atoms with Crippen molar-refractivity contribution in [3.8, 4) is 0 Å². The molecule has 0 amide bonds. The molecule has 3 aromatic heterocycles. The van der Waals surface area contributed by atoms with Gasteiger partial charge in [-0.2, -0.15) is 0 Å². The van der Waals surface area contributed by atoms with Crippen molar-refractivity contribution in [2.45, 2.75) is 65.7 Å². The molecule has 0 aliphatic carbocycles.